The van der Waals surface area contributed by atoms with Crippen LogP contribution in [0.2, 0.25) is 0 Å². The van der Waals surface area contributed by atoms with E-state index in [0.717, 1.165) is 5.39 Å². The quantitative estimate of drug-likeness (QED) is 0.619. The Kier molecular flexibility index (Phi) is 1.74. The molecule has 78 valence electrons. The maximum atomic E-state index is 12.2. The van der Waals surface area contributed by atoms with E-state index in [-0.39, 0.29) is 11.2 Å². The van der Waals surface area contributed by atoms with Crippen LogP contribution in [0.25, 0.3) is 16.3 Å². The van der Waals surface area contributed by atoms with Crippen LogP contribution in [0.4, 0.5) is 0 Å². The Hall–Kier alpha value is -2.29. The maximum Gasteiger partial charge on any atom is 0.210 e. The van der Waals surface area contributed by atoms with Crippen molar-refractivity contribution in [3.8, 4) is 5.75 Å². The van der Waals surface area contributed by atoms with Crippen LogP contribution in [0.1, 0.15) is 0 Å². The fourth-order valence-corrected chi connectivity index (χ4v) is 1.90. The van der Waals surface area contributed by atoms with E-state index in [1.165, 1.54) is 6.07 Å². The van der Waals surface area contributed by atoms with Crippen molar-refractivity contribution in [2.45, 2.75) is 0 Å². The molecule has 0 fully saturated rings. The first-order chi connectivity index (χ1) is 7.75. The average Bonchev–Trinajstić information content (AvgIpc) is 2.70. The van der Waals surface area contributed by atoms with Gasteiger partial charge in [-0.3, -0.25) is 4.79 Å². The van der Waals surface area contributed by atoms with E-state index < -0.39 is 0 Å². The Morgan fingerprint density at radius 2 is 1.94 bits per heavy atom. The highest BCUT2D eigenvalue weighted by molar-refractivity contribution is 5.85. The van der Waals surface area contributed by atoms with E-state index >= 15 is 0 Å². The van der Waals surface area contributed by atoms with Gasteiger partial charge in [0.05, 0.1) is 5.52 Å². The maximum absolute atomic E-state index is 12.2. The van der Waals surface area contributed by atoms with Gasteiger partial charge in [-0.2, -0.15) is 0 Å². The molecule has 3 rings (SSSR count). The zero-order chi connectivity index (χ0) is 11.1. The van der Waals surface area contributed by atoms with Gasteiger partial charge in [0.15, 0.2) is 0 Å². The van der Waals surface area contributed by atoms with Crippen molar-refractivity contribution in [2.24, 2.45) is 0 Å². The third-order valence-electron chi connectivity index (χ3n) is 2.71. The van der Waals surface area contributed by atoms with Crippen LogP contribution in [-0.4, -0.2) is 9.51 Å². The molecular formula is C13H9NO2. The third-order valence-corrected chi connectivity index (χ3v) is 2.71. The van der Waals surface area contributed by atoms with Crippen LogP contribution in [-0.2, 0) is 0 Å². The first kappa shape index (κ1) is 8.97. The highest BCUT2D eigenvalue weighted by Crippen LogP contribution is 2.16. The summed E-state index contributed by atoms with van der Waals surface area (Å²) < 4.78 is 1.78. The van der Waals surface area contributed by atoms with E-state index in [9.17, 15) is 9.90 Å². The number of aromatic hydroxyl groups is 1. The SMILES string of the molecule is O=c1c2cc(O)ccc2ccn2cccc12. The number of nitrogens with zero attached hydrogens (tertiary/aromatic N) is 1. The van der Waals surface area contributed by atoms with E-state index in [0.29, 0.717) is 10.9 Å². The third kappa shape index (κ3) is 1.18. The minimum absolute atomic E-state index is 0.0686. The van der Waals surface area contributed by atoms with Crippen molar-refractivity contribution in [2.75, 3.05) is 0 Å². The van der Waals surface area contributed by atoms with Crippen molar-refractivity contribution < 1.29 is 5.11 Å². The molecule has 3 heteroatoms. The Bertz CT molecular complexity index is 744. The average molecular weight is 211 g/mol. The van der Waals surface area contributed by atoms with Gasteiger partial charge in [-0.25, -0.2) is 0 Å². The number of hydrogen-bond donors (Lipinski definition) is 1. The molecule has 0 unspecified atom stereocenters. The van der Waals surface area contributed by atoms with Crippen molar-refractivity contribution in [1.29, 1.82) is 0 Å². The number of hydrogen-bond acceptors (Lipinski definition) is 2. The van der Waals surface area contributed by atoms with Crippen molar-refractivity contribution in [1.82, 2.24) is 4.40 Å². The lowest BCUT2D eigenvalue weighted by molar-refractivity contribution is 0.476. The smallest absolute Gasteiger partial charge is 0.210 e. The first-order valence-electron chi connectivity index (χ1n) is 4.98. The van der Waals surface area contributed by atoms with Gasteiger partial charge >= 0.3 is 0 Å². The summed E-state index contributed by atoms with van der Waals surface area (Å²) in [7, 11) is 0. The number of fused-ring (bicyclic) bond motifs is 2. The molecule has 0 atom stereocenters. The molecule has 0 aliphatic heterocycles. The molecule has 2 heterocycles. The summed E-state index contributed by atoms with van der Waals surface area (Å²) in [5, 5.41) is 10.8. The number of phenolic OH excluding ortho intramolecular Hbond substituents is 1. The zero-order valence-corrected chi connectivity index (χ0v) is 8.42. The summed E-state index contributed by atoms with van der Waals surface area (Å²) in [4.78, 5) is 12.2. The standard InChI is InChI=1S/C13H9NO2/c15-10-4-3-9-5-7-14-6-1-2-12(14)13(16)11(9)8-10/h1-8,15H. The van der Waals surface area contributed by atoms with Crippen LogP contribution in [0.3, 0.4) is 0 Å². The van der Waals surface area contributed by atoms with Crippen molar-refractivity contribution >= 4 is 16.3 Å². The van der Waals surface area contributed by atoms with Gasteiger partial charge in [-0.1, -0.05) is 6.07 Å². The van der Waals surface area contributed by atoms with Gasteiger partial charge in [0.2, 0.25) is 5.43 Å². The largest absolute Gasteiger partial charge is 0.508 e. The second-order valence-corrected chi connectivity index (χ2v) is 3.72. The molecule has 16 heavy (non-hydrogen) atoms. The Balaban J connectivity index is 2.66. The summed E-state index contributed by atoms with van der Waals surface area (Å²) in [5.41, 5.74) is 0.543. The number of benzene rings is 1. The van der Waals surface area contributed by atoms with Crippen LogP contribution < -0.4 is 5.43 Å². The molecule has 2 aromatic heterocycles. The molecule has 3 nitrogen and oxygen atoms in total. The predicted octanol–water partition coefficient (Wildman–Crippen LogP) is 2.16. The summed E-state index contributed by atoms with van der Waals surface area (Å²) in [5.74, 6) is 0.112. The summed E-state index contributed by atoms with van der Waals surface area (Å²) >= 11 is 0. The summed E-state index contributed by atoms with van der Waals surface area (Å²) in [6, 6.07) is 10.3. The Morgan fingerprint density at radius 3 is 2.81 bits per heavy atom. The molecule has 0 aliphatic carbocycles. The fourth-order valence-electron chi connectivity index (χ4n) is 1.90. The van der Waals surface area contributed by atoms with E-state index in [2.05, 4.69) is 0 Å². The summed E-state index contributed by atoms with van der Waals surface area (Å²) in [6.07, 6.45) is 3.67. The monoisotopic (exact) mass is 211 g/mol. The van der Waals surface area contributed by atoms with Gasteiger partial charge in [-0.15, -0.1) is 0 Å². The molecule has 0 saturated carbocycles. The Labute approximate surface area is 91.2 Å². The van der Waals surface area contributed by atoms with Crippen LogP contribution in [0.15, 0.2) is 53.6 Å². The minimum Gasteiger partial charge on any atom is -0.508 e. The molecule has 0 bridgehead atoms. The summed E-state index contributed by atoms with van der Waals surface area (Å²) in [6.45, 7) is 0. The number of rotatable bonds is 0. The molecule has 0 radical (unpaired) electrons. The molecule has 0 amide bonds. The lowest BCUT2D eigenvalue weighted by atomic mass is 10.1. The molecule has 1 N–H and O–H groups in total. The molecule has 0 spiro atoms. The number of phenols is 1. The molecule has 1 aromatic carbocycles. The van der Waals surface area contributed by atoms with Crippen LogP contribution in [0.5, 0.6) is 5.75 Å². The molecule has 0 saturated heterocycles. The van der Waals surface area contributed by atoms with Gasteiger partial charge in [-0.05, 0) is 35.7 Å². The second-order valence-electron chi connectivity index (χ2n) is 3.72. The van der Waals surface area contributed by atoms with Gasteiger partial charge < -0.3 is 9.51 Å². The van der Waals surface area contributed by atoms with Crippen LogP contribution in [0, 0.1) is 0 Å². The molecule has 0 aliphatic rings. The highest BCUT2D eigenvalue weighted by atomic mass is 16.3. The lowest BCUT2D eigenvalue weighted by Crippen LogP contribution is -1.99. The molecular weight excluding hydrogens is 202 g/mol. The van der Waals surface area contributed by atoms with Gasteiger partial charge in [0, 0.05) is 17.8 Å². The van der Waals surface area contributed by atoms with Crippen molar-refractivity contribution in [3.63, 3.8) is 0 Å². The van der Waals surface area contributed by atoms with Crippen LogP contribution >= 0.6 is 0 Å². The molecule has 3 aromatic rings. The van der Waals surface area contributed by atoms with Gasteiger partial charge in [0.1, 0.15) is 5.75 Å². The van der Waals surface area contributed by atoms with E-state index in [4.69, 9.17) is 0 Å². The van der Waals surface area contributed by atoms with E-state index in [1.54, 1.807) is 22.6 Å². The first-order valence-corrected chi connectivity index (χ1v) is 4.98. The number of aromatic nitrogens is 1. The Morgan fingerprint density at radius 1 is 1.06 bits per heavy atom. The fraction of sp³-hybridized carbons (Fsp3) is 0. The minimum atomic E-state index is -0.0686. The second kappa shape index (κ2) is 3.10. The normalized spacial score (nSPS) is 11.0. The lowest BCUT2D eigenvalue weighted by Gasteiger charge is -1.92. The topological polar surface area (TPSA) is 41.7 Å². The van der Waals surface area contributed by atoms with Gasteiger partial charge in [0.25, 0.3) is 0 Å². The predicted molar refractivity (Wildman–Crippen MR) is 62.8 cm³/mol. The van der Waals surface area contributed by atoms with E-state index in [1.807, 2.05) is 24.5 Å². The van der Waals surface area contributed by atoms with Crippen molar-refractivity contribution in [3.05, 3.63) is 59.0 Å². The zero-order valence-electron chi connectivity index (χ0n) is 8.42. The highest BCUT2D eigenvalue weighted by Gasteiger charge is 2.02.